The van der Waals surface area contributed by atoms with Gasteiger partial charge in [-0.3, -0.25) is 0 Å². The van der Waals surface area contributed by atoms with E-state index in [9.17, 15) is 20.4 Å². The smallest absolute Gasteiger partial charge is 0.186 e. The van der Waals surface area contributed by atoms with E-state index in [-0.39, 0.29) is 11.5 Å². The number of aliphatic hydroxyl groups excluding tert-OH is 4. The number of hydrogen-bond acceptors (Lipinski definition) is 6. The first-order valence-electron chi connectivity index (χ1n) is 16.8. The average molecular weight is 575 g/mol. The van der Waals surface area contributed by atoms with Crippen LogP contribution >= 0.6 is 0 Å². The van der Waals surface area contributed by atoms with Crippen molar-refractivity contribution in [3.63, 3.8) is 0 Å². The van der Waals surface area contributed by atoms with Gasteiger partial charge < -0.3 is 29.9 Å². The van der Waals surface area contributed by atoms with E-state index in [2.05, 4.69) is 59.8 Å². The van der Waals surface area contributed by atoms with E-state index in [1.54, 1.807) is 0 Å². The monoisotopic (exact) mass is 574 g/mol. The predicted molar refractivity (Wildman–Crippen MR) is 161 cm³/mol. The maximum Gasteiger partial charge on any atom is 0.186 e. The number of ether oxygens (including phenoxy) is 2. The lowest BCUT2D eigenvalue weighted by Gasteiger charge is -2.58. The van der Waals surface area contributed by atoms with Gasteiger partial charge in [0, 0.05) is 0 Å². The van der Waals surface area contributed by atoms with Gasteiger partial charge in [-0.1, -0.05) is 65.3 Å². The van der Waals surface area contributed by atoms with Gasteiger partial charge in [0.2, 0.25) is 0 Å². The Morgan fingerprint density at radius 1 is 0.976 bits per heavy atom. The summed E-state index contributed by atoms with van der Waals surface area (Å²) in [6, 6.07) is 0. The molecule has 14 atom stereocenters. The van der Waals surface area contributed by atoms with Gasteiger partial charge in [-0.15, -0.1) is 0 Å². The number of hydrogen-bond donors (Lipinski definition) is 4. The summed E-state index contributed by atoms with van der Waals surface area (Å²) in [7, 11) is 0. The SMILES string of the molecule is CC[C@H](/C=C\C(C)[C@H]1CCC2C3CC=C4C[C@@H](O[C@@H]5O[C@H](CO)[C@@H](O)[C@H](O)[C@H]5O)CC[C@]4(C)C3CC[C@@]21C)C(C)C. The highest BCUT2D eigenvalue weighted by atomic mass is 16.7. The summed E-state index contributed by atoms with van der Waals surface area (Å²) in [5.74, 6) is 5.05. The van der Waals surface area contributed by atoms with Crippen molar-refractivity contribution in [2.75, 3.05) is 6.61 Å². The summed E-state index contributed by atoms with van der Waals surface area (Å²) in [6.45, 7) is 14.2. The van der Waals surface area contributed by atoms with Crippen molar-refractivity contribution in [3.8, 4) is 0 Å². The molecule has 6 nitrogen and oxygen atoms in total. The van der Waals surface area contributed by atoms with Gasteiger partial charge in [-0.05, 0) is 110 Å². The molecule has 1 saturated heterocycles. The molecular formula is C35H58O6. The van der Waals surface area contributed by atoms with Crippen LogP contribution in [0.2, 0.25) is 0 Å². The molecule has 234 valence electrons. The van der Waals surface area contributed by atoms with Crippen LogP contribution in [0.1, 0.15) is 99.3 Å². The molecule has 0 aromatic rings. The molecule has 41 heavy (non-hydrogen) atoms. The van der Waals surface area contributed by atoms with Crippen molar-refractivity contribution in [2.24, 2.45) is 52.3 Å². The third-order valence-electron chi connectivity index (χ3n) is 12.9. The zero-order valence-corrected chi connectivity index (χ0v) is 26.4. The molecule has 4 N–H and O–H groups in total. The van der Waals surface area contributed by atoms with E-state index in [0.717, 1.165) is 43.4 Å². The molecule has 0 bridgehead atoms. The Morgan fingerprint density at radius 2 is 1.73 bits per heavy atom. The topological polar surface area (TPSA) is 99.4 Å². The van der Waals surface area contributed by atoms with Crippen molar-refractivity contribution in [1.82, 2.24) is 0 Å². The van der Waals surface area contributed by atoms with Crippen LogP contribution in [0, 0.1) is 52.3 Å². The van der Waals surface area contributed by atoms with E-state index in [1.807, 2.05) is 0 Å². The Morgan fingerprint density at radius 3 is 2.41 bits per heavy atom. The summed E-state index contributed by atoms with van der Waals surface area (Å²) in [4.78, 5) is 0. The largest absolute Gasteiger partial charge is 0.394 e. The van der Waals surface area contributed by atoms with E-state index < -0.39 is 37.3 Å². The lowest BCUT2D eigenvalue weighted by molar-refractivity contribution is -0.313. The molecule has 4 fully saturated rings. The second kappa shape index (κ2) is 12.3. The highest BCUT2D eigenvalue weighted by molar-refractivity contribution is 5.25. The first-order chi connectivity index (χ1) is 19.4. The zero-order valence-electron chi connectivity index (χ0n) is 26.4. The van der Waals surface area contributed by atoms with E-state index >= 15 is 0 Å². The van der Waals surface area contributed by atoms with Gasteiger partial charge >= 0.3 is 0 Å². The summed E-state index contributed by atoms with van der Waals surface area (Å²) in [6.07, 6.45) is 11.9. The molecule has 0 amide bonds. The molecule has 0 aromatic carbocycles. The fourth-order valence-corrected chi connectivity index (χ4v) is 10.3. The molecule has 1 heterocycles. The highest BCUT2D eigenvalue weighted by Crippen LogP contribution is 2.67. The average Bonchev–Trinajstić information content (AvgIpc) is 3.30. The van der Waals surface area contributed by atoms with Crippen molar-refractivity contribution < 1.29 is 29.9 Å². The first kappa shape index (κ1) is 31.7. The maximum atomic E-state index is 10.5. The Labute approximate surface area is 248 Å². The van der Waals surface area contributed by atoms with Gasteiger partial charge in [-0.25, -0.2) is 0 Å². The summed E-state index contributed by atoms with van der Waals surface area (Å²) in [5, 5.41) is 40.4. The molecule has 1 aliphatic heterocycles. The van der Waals surface area contributed by atoms with Gasteiger partial charge in [0.1, 0.15) is 24.4 Å². The minimum atomic E-state index is -1.40. The Balaban J connectivity index is 1.26. The molecule has 4 unspecified atom stereocenters. The summed E-state index contributed by atoms with van der Waals surface area (Å²) in [5.41, 5.74) is 2.11. The minimum Gasteiger partial charge on any atom is -0.394 e. The van der Waals surface area contributed by atoms with E-state index in [4.69, 9.17) is 9.47 Å². The van der Waals surface area contributed by atoms with Gasteiger partial charge in [0.05, 0.1) is 12.7 Å². The van der Waals surface area contributed by atoms with Crippen LogP contribution in [-0.2, 0) is 9.47 Å². The van der Waals surface area contributed by atoms with Crippen LogP contribution in [0.3, 0.4) is 0 Å². The first-order valence-corrected chi connectivity index (χ1v) is 16.8. The molecule has 5 aliphatic rings. The molecule has 6 heteroatoms. The maximum absolute atomic E-state index is 10.5. The standard InChI is InChI=1S/C35H58O6/c1-7-22(20(2)3)9-8-21(4)26-12-13-27-25-11-10-23-18-24(14-16-34(23,5)28(25)15-17-35(26,27)6)40-33-32(39)31(38)30(37)29(19-36)41-33/h8-10,20-22,24-33,36-39H,7,11-19H2,1-6H3/b9-8-/t21?,22-,24+,25?,26-,27?,28?,29-,30-,31+,32-,33-,34+,35-/m1/s1. The molecule has 5 rings (SSSR count). The Hall–Kier alpha value is -0.760. The normalized spacial score (nSPS) is 47.9. The van der Waals surface area contributed by atoms with E-state index in [1.165, 1.54) is 37.7 Å². The number of fused-ring (bicyclic) bond motifs is 5. The van der Waals surface area contributed by atoms with Crippen molar-refractivity contribution >= 4 is 0 Å². The van der Waals surface area contributed by atoms with Crippen LogP contribution in [0.25, 0.3) is 0 Å². The third-order valence-corrected chi connectivity index (χ3v) is 12.9. The molecule has 0 aromatic heterocycles. The molecule has 4 aliphatic carbocycles. The highest BCUT2D eigenvalue weighted by Gasteiger charge is 2.59. The van der Waals surface area contributed by atoms with Crippen LogP contribution in [0.5, 0.6) is 0 Å². The predicted octanol–water partition coefficient (Wildman–Crippen LogP) is 5.63. The Kier molecular flexibility index (Phi) is 9.51. The number of aliphatic hydroxyl groups is 4. The van der Waals surface area contributed by atoms with Crippen molar-refractivity contribution in [2.45, 2.75) is 136 Å². The Bertz CT molecular complexity index is 960. The third kappa shape index (κ3) is 5.64. The molecular weight excluding hydrogens is 516 g/mol. The van der Waals surface area contributed by atoms with Gasteiger partial charge in [0.15, 0.2) is 6.29 Å². The number of rotatable bonds is 8. The van der Waals surface area contributed by atoms with Crippen molar-refractivity contribution in [3.05, 3.63) is 23.8 Å². The second-order valence-corrected chi connectivity index (χ2v) is 15.2. The second-order valence-electron chi connectivity index (χ2n) is 15.2. The van der Waals surface area contributed by atoms with Crippen molar-refractivity contribution in [1.29, 1.82) is 0 Å². The van der Waals surface area contributed by atoms with Gasteiger partial charge in [-0.2, -0.15) is 0 Å². The number of allylic oxidation sites excluding steroid dienone is 3. The van der Waals surface area contributed by atoms with Gasteiger partial charge in [0.25, 0.3) is 0 Å². The van der Waals surface area contributed by atoms with Crippen LogP contribution in [0.4, 0.5) is 0 Å². The molecule has 0 radical (unpaired) electrons. The lowest BCUT2D eigenvalue weighted by Crippen LogP contribution is -2.60. The van der Waals surface area contributed by atoms with Crippen LogP contribution in [-0.4, -0.2) is 63.8 Å². The zero-order chi connectivity index (χ0) is 29.7. The summed E-state index contributed by atoms with van der Waals surface area (Å²) < 4.78 is 11.9. The quantitative estimate of drug-likeness (QED) is 0.281. The molecule has 0 spiro atoms. The minimum absolute atomic E-state index is 0.109. The fourth-order valence-electron chi connectivity index (χ4n) is 10.3. The van der Waals surface area contributed by atoms with Crippen LogP contribution in [0.15, 0.2) is 23.8 Å². The van der Waals surface area contributed by atoms with E-state index in [0.29, 0.717) is 29.1 Å². The lowest BCUT2D eigenvalue weighted by atomic mass is 9.47. The van der Waals surface area contributed by atoms with Crippen LogP contribution < -0.4 is 0 Å². The molecule has 3 saturated carbocycles. The fraction of sp³-hybridized carbons (Fsp3) is 0.886. The summed E-state index contributed by atoms with van der Waals surface area (Å²) >= 11 is 0.